The largest absolute Gasteiger partial charge is 0.416 e. The van der Waals surface area contributed by atoms with Gasteiger partial charge in [0.15, 0.2) is 11.9 Å². The molecule has 1 unspecified atom stereocenters. The third-order valence-corrected chi connectivity index (χ3v) is 3.55. The Labute approximate surface area is 129 Å². The number of hydrogen-bond donors (Lipinski definition) is 1. The Kier molecular flexibility index (Phi) is 4.03. The summed E-state index contributed by atoms with van der Waals surface area (Å²) in [5.74, 6) is -0.107. The maximum Gasteiger partial charge on any atom is 0.416 e. The first kappa shape index (κ1) is 15.5. The van der Waals surface area contributed by atoms with Crippen LogP contribution in [0.4, 0.5) is 13.2 Å². The maximum atomic E-state index is 12.8. The van der Waals surface area contributed by atoms with Gasteiger partial charge in [-0.05, 0) is 6.07 Å². The lowest BCUT2D eigenvalue weighted by molar-refractivity contribution is -0.233. The number of ether oxygens (including phenoxy) is 1. The number of halogens is 3. The van der Waals surface area contributed by atoms with Crippen molar-refractivity contribution in [1.82, 2.24) is 20.1 Å². The number of hydrogen-bond acceptors (Lipinski definition) is 4. The second kappa shape index (κ2) is 5.99. The Hall–Kier alpha value is -2.42. The molecule has 23 heavy (non-hydrogen) atoms. The Morgan fingerprint density at radius 2 is 2.13 bits per heavy atom. The van der Waals surface area contributed by atoms with E-state index in [0.717, 1.165) is 4.90 Å². The molecule has 0 bridgehead atoms. The van der Waals surface area contributed by atoms with Gasteiger partial charge in [0.25, 0.3) is 5.91 Å². The number of aromatic amines is 1. The summed E-state index contributed by atoms with van der Waals surface area (Å²) in [6.07, 6.45) is -5.16. The van der Waals surface area contributed by atoms with Crippen LogP contribution in [0.1, 0.15) is 10.4 Å². The molecule has 9 heteroatoms. The summed E-state index contributed by atoms with van der Waals surface area (Å²) < 4.78 is 43.1. The summed E-state index contributed by atoms with van der Waals surface area (Å²) in [5, 5.41) is 6.37. The molecule has 1 fully saturated rings. The highest BCUT2D eigenvalue weighted by atomic mass is 19.4. The minimum atomic E-state index is -4.50. The number of rotatable bonds is 2. The summed E-state index contributed by atoms with van der Waals surface area (Å²) in [6, 6.07) is 6.58. The Bertz CT molecular complexity index is 688. The highest BCUT2D eigenvalue weighted by molar-refractivity contribution is 6.00. The standard InChI is InChI=1S/C14H13F3N4O2/c15-14(16,17)11-7-21(5-6-23-11)13(22)10-4-2-1-3-9(10)12-18-8-19-20-12/h1-4,8,11H,5-7H2,(H,18,19,20). The van der Waals surface area contributed by atoms with Crippen molar-refractivity contribution in [1.29, 1.82) is 0 Å². The van der Waals surface area contributed by atoms with Gasteiger partial charge in [-0.25, -0.2) is 4.98 Å². The van der Waals surface area contributed by atoms with Gasteiger partial charge < -0.3 is 9.64 Å². The Morgan fingerprint density at radius 1 is 1.35 bits per heavy atom. The monoisotopic (exact) mass is 326 g/mol. The molecule has 1 saturated heterocycles. The van der Waals surface area contributed by atoms with Gasteiger partial charge in [-0.15, -0.1) is 0 Å². The number of morpholine rings is 1. The van der Waals surface area contributed by atoms with E-state index in [1.165, 1.54) is 6.33 Å². The molecule has 2 aromatic rings. The molecule has 0 radical (unpaired) electrons. The number of amides is 1. The summed E-state index contributed by atoms with van der Waals surface area (Å²) in [4.78, 5) is 17.8. The average Bonchev–Trinajstić information content (AvgIpc) is 3.08. The van der Waals surface area contributed by atoms with Crippen molar-refractivity contribution in [3.8, 4) is 11.4 Å². The van der Waals surface area contributed by atoms with Crippen LogP contribution < -0.4 is 0 Å². The van der Waals surface area contributed by atoms with E-state index in [9.17, 15) is 18.0 Å². The molecular formula is C14H13F3N4O2. The number of carbonyl (C=O) groups excluding carboxylic acids is 1. The molecule has 0 saturated carbocycles. The zero-order valence-electron chi connectivity index (χ0n) is 11.9. The maximum absolute atomic E-state index is 12.8. The van der Waals surface area contributed by atoms with Gasteiger partial charge in [-0.2, -0.15) is 18.3 Å². The second-order valence-electron chi connectivity index (χ2n) is 5.03. The highest BCUT2D eigenvalue weighted by Gasteiger charge is 2.44. The normalized spacial score (nSPS) is 18.9. The topological polar surface area (TPSA) is 71.1 Å². The summed E-state index contributed by atoms with van der Waals surface area (Å²) in [6.45, 7) is -0.566. The van der Waals surface area contributed by atoms with Crippen molar-refractivity contribution in [2.75, 3.05) is 19.7 Å². The van der Waals surface area contributed by atoms with E-state index in [2.05, 4.69) is 15.2 Å². The van der Waals surface area contributed by atoms with Crippen LogP contribution in [0.3, 0.4) is 0 Å². The average molecular weight is 326 g/mol. The number of alkyl halides is 3. The van der Waals surface area contributed by atoms with E-state index in [4.69, 9.17) is 4.74 Å². The van der Waals surface area contributed by atoms with E-state index >= 15 is 0 Å². The second-order valence-corrected chi connectivity index (χ2v) is 5.03. The van der Waals surface area contributed by atoms with Gasteiger partial charge in [0.2, 0.25) is 0 Å². The smallest absolute Gasteiger partial charge is 0.365 e. The minimum Gasteiger partial charge on any atom is -0.365 e. The molecule has 1 aromatic carbocycles. The summed E-state index contributed by atoms with van der Waals surface area (Å²) >= 11 is 0. The van der Waals surface area contributed by atoms with Gasteiger partial charge in [-0.1, -0.05) is 18.2 Å². The van der Waals surface area contributed by atoms with Crippen LogP contribution in [0.15, 0.2) is 30.6 Å². The molecule has 1 N–H and O–H groups in total. The number of benzene rings is 1. The number of nitrogens with zero attached hydrogens (tertiary/aromatic N) is 3. The lowest BCUT2D eigenvalue weighted by Gasteiger charge is -2.34. The molecule has 0 spiro atoms. The Balaban J connectivity index is 1.87. The lowest BCUT2D eigenvalue weighted by atomic mass is 10.1. The van der Waals surface area contributed by atoms with Crippen molar-refractivity contribution in [3.63, 3.8) is 0 Å². The van der Waals surface area contributed by atoms with Crippen LogP contribution in [0.2, 0.25) is 0 Å². The van der Waals surface area contributed by atoms with E-state index in [1.54, 1.807) is 24.3 Å². The third-order valence-electron chi connectivity index (χ3n) is 3.55. The molecular weight excluding hydrogens is 313 g/mol. The molecule has 122 valence electrons. The minimum absolute atomic E-state index is 0.107. The predicted molar refractivity (Wildman–Crippen MR) is 73.5 cm³/mol. The van der Waals surface area contributed by atoms with E-state index in [1.807, 2.05) is 0 Å². The van der Waals surface area contributed by atoms with Gasteiger partial charge in [-0.3, -0.25) is 9.89 Å². The molecule has 0 aliphatic carbocycles. The quantitative estimate of drug-likeness (QED) is 0.915. The molecule has 1 atom stereocenters. The fraction of sp³-hybridized carbons (Fsp3) is 0.357. The molecule has 3 rings (SSSR count). The molecule has 1 aliphatic heterocycles. The highest BCUT2D eigenvalue weighted by Crippen LogP contribution is 2.27. The van der Waals surface area contributed by atoms with Crippen LogP contribution in [0.25, 0.3) is 11.4 Å². The first-order valence-corrected chi connectivity index (χ1v) is 6.89. The van der Waals surface area contributed by atoms with Crippen molar-refractivity contribution < 1.29 is 22.7 Å². The fourth-order valence-corrected chi connectivity index (χ4v) is 2.41. The number of H-pyrrole nitrogens is 1. The van der Waals surface area contributed by atoms with Crippen LogP contribution >= 0.6 is 0 Å². The van der Waals surface area contributed by atoms with Crippen LogP contribution in [-0.4, -0.2) is 58.0 Å². The zero-order chi connectivity index (χ0) is 16.4. The van der Waals surface area contributed by atoms with E-state index in [-0.39, 0.29) is 18.7 Å². The van der Waals surface area contributed by atoms with Crippen LogP contribution in [0.5, 0.6) is 0 Å². The van der Waals surface area contributed by atoms with Gasteiger partial charge >= 0.3 is 6.18 Å². The lowest BCUT2D eigenvalue weighted by Crippen LogP contribution is -2.51. The SMILES string of the molecule is O=C(c1ccccc1-c1ncn[nH]1)N1CCOC(C(F)(F)F)C1. The first-order chi connectivity index (χ1) is 11.0. The van der Waals surface area contributed by atoms with Crippen molar-refractivity contribution in [3.05, 3.63) is 36.2 Å². The molecule has 2 heterocycles. The van der Waals surface area contributed by atoms with Crippen LogP contribution in [-0.2, 0) is 4.74 Å². The van der Waals surface area contributed by atoms with Crippen LogP contribution in [0, 0.1) is 0 Å². The van der Waals surface area contributed by atoms with E-state index < -0.39 is 24.7 Å². The predicted octanol–water partition coefficient (Wildman–Crippen LogP) is 1.88. The third kappa shape index (κ3) is 3.19. The number of carbonyl (C=O) groups is 1. The van der Waals surface area contributed by atoms with Crippen molar-refractivity contribution >= 4 is 5.91 Å². The molecule has 1 aromatic heterocycles. The number of nitrogens with one attached hydrogen (secondary N) is 1. The zero-order valence-corrected chi connectivity index (χ0v) is 11.9. The van der Waals surface area contributed by atoms with Gasteiger partial charge in [0.1, 0.15) is 6.33 Å². The fourth-order valence-electron chi connectivity index (χ4n) is 2.41. The number of aromatic nitrogens is 3. The molecule has 6 nitrogen and oxygen atoms in total. The molecule has 1 aliphatic rings. The first-order valence-electron chi connectivity index (χ1n) is 6.89. The van der Waals surface area contributed by atoms with E-state index in [0.29, 0.717) is 11.4 Å². The summed E-state index contributed by atoms with van der Waals surface area (Å²) in [7, 11) is 0. The van der Waals surface area contributed by atoms with Gasteiger partial charge in [0.05, 0.1) is 18.7 Å². The summed E-state index contributed by atoms with van der Waals surface area (Å²) in [5.41, 5.74) is 0.761. The van der Waals surface area contributed by atoms with Gasteiger partial charge in [0, 0.05) is 12.1 Å². The van der Waals surface area contributed by atoms with Crippen molar-refractivity contribution in [2.24, 2.45) is 0 Å². The molecule has 1 amide bonds. The van der Waals surface area contributed by atoms with Crippen molar-refractivity contribution in [2.45, 2.75) is 12.3 Å². The Morgan fingerprint density at radius 3 is 2.83 bits per heavy atom.